The van der Waals surface area contributed by atoms with Crippen molar-refractivity contribution in [2.75, 3.05) is 23.3 Å². The molecule has 1 aliphatic heterocycles. The molecule has 10 nitrogen and oxygen atoms in total. The number of nitrogens with two attached hydrogens (primary N) is 1. The molecular formula is C27H29F4N7O3. The third-order valence-corrected chi connectivity index (χ3v) is 6.50. The summed E-state index contributed by atoms with van der Waals surface area (Å²) in [4.78, 5) is 34.1. The first kappa shape index (κ1) is 29.5. The molecule has 0 bridgehead atoms. The van der Waals surface area contributed by atoms with E-state index in [-0.39, 0.29) is 17.4 Å². The van der Waals surface area contributed by atoms with Crippen molar-refractivity contribution >= 4 is 29.0 Å². The molecule has 4 N–H and O–H groups in total. The van der Waals surface area contributed by atoms with Crippen LogP contribution in [0, 0.1) is 5.82 Å². The van der Waals surface area contributed by atoms with Gasteiger partial charge in [0.25, 0.3) is 5.56 Å². The Kier molecular flexibility index (Phi) is 8.91. The number of nitrogens with zero attached hydrogens (tertiary/aromatic N) is 5. The van der Waals surface area contributed by atoms with Crippen LogP contribution in [-0.4, -0.2) is 55.5 Å². The Morgan fingerprint density at radius 3 is 2.37 bits per heavy atom. The van der Waals surface area contributed by atoms with Gasteiger partial charge in [-0.05, 0) is 36.1 Å². The van der Waals surface area contributed by atoms with E-state index >= 15 is 0 Å². The van der Waals surface area contributed by atoms with Crippen molar-refractivity contribution in [3.05, 3.63) is 81.9 Å². The second kappa shape index (κ2) is 12.4. The van der Waals surface area contributed by atoms with Gasteiger partial charge >= 0.3 is 12.1 Å². The van der Waals surface area contributed by atoms with Gasteiger partial charge in [0.15, 0.2) is 11.2 Å². The van der Waals surface area contributed by atoms with Crippen molar-refractivity contribution in [3.8, 4) is 0 Å². The van der Waals surface area contributed by atoms with Crippen molar-refractivity contribution in [1.82, 2.24) is 19.1 Å². The predicted octanol–water partition coefficient (Wildman–Crippen LogP) is 3.49. The van der Waals surface area contributed by atoms with E-state index < -0.39 is 12.1 Å². The van der Waals surface area contributed by atoms with Crippen LogP contribution < -0.4 is 21.5 Å². The maximum Gasteiger partial charge on any atom is 0.490 e. The molecule has 41 heavy (non-hydrogen) atoms. The second-order valence-electron chi connectivity index (χ2n) is 9.59. The molecule has 5 rings (SSSR count). The highest BCUT2D eigenvalue weighted by atomic mass is 19.4. The topological polar surface area (TPSA) is 131 Å². The number of nitrogens with one attached hydrogen (secondary N) is 1. The van der Waals surface area contributed by atoms with E-state index in [2.05, 4.69) is 10.2 Å². The number of aromatic nitrogens is 4. The van der Waals surface area contributed by atoms with Crippen LogP contribution >= 0.6 is 0 Å². The Morgan fingerprint density at radius 1 is 1.10 bits per heavy atom. The van der Waals surface area contributed by atoms with Gasteiger partial charge in [0.1, 0.15) is 5.82 Å². The van der Waals surface area contributed by atoms with Crippen LogP contribution in [0.1, 0.15) is 24.0 Å². The van der Waals surface area contributed by atoms with Crippen molar-refractivity contribution < 1.29 is 27.5 Å². The van der Waals surface area contributed by atoms with E-state index in [1.54, 1.807) is 19.2 Å². The van der Waals surface area contributed by atoms with Crippen LogP contribution in [0.15, 0.2) is 59.4 Å². The fourth-order valence-corrected chi connectivity index (χ4v) is 4.44. The number of aliphatic carboxylic acids is 1. The maximum absolute atomic E-state index is 13.5. The average Bonchev–Trinajstić information content (AvgIpc) is 3.29. The highest BCUT2D eigenvalue weighted by Crippen LogP contribution is 2.25. The smallest absolute Gasteiger partial charge is 0.475 e. The van der Waals surface area contributed by atoms with Crippen LogP contribution in [0.4, 0.5) is 29.5 Å². The number of benzene rings is 2. The molecule has 1 unspecified atom stereocenters. The summed E-state index contributed by atoms with van der Waals surface area (Å²) in [6.45, 7) is 2.44. The predicted molar refractivity (Wildman–Crippen MR) is 145 cm³/mol. The molecule has 0 aliphatic carbocycles. The minimum absolute atomic E-state index is 0.0717. The Labute approximate surface area is 232 Å². The van der Waals surface area contributed by atoms with Gasteiger partial charge in [-0.2, -0.15) is 23.1 Å². The highest BCUT2D eigenvalue weighted by molar-refractivity contribution is 5.76. The molecule has 3 heterocycles. The number of halogens is 4. The summed E-state index contributed by atoms with van der Waals surface area (Å²) in [6, 6.07) is 16.3. The zero-order valence-electron chi connectivity index (χ0n) is 22.1. The molecule has 0 saturated carbocycles. The monoisotopic (exact) mass is 575 g/mol. The molecule has 2 aromatic carbocycles. The van der Waals surface area contributed by atoms with Crippen LogP contribution in [0.25, 0.3) is 11.2 Å². The van der Waals surface area contributed by atoms with Crippen molar-refractivity contribution in [3.63, 3.8) is 0 Å². The summed E-state index contributed by atoms with van der Waals surface area (Å²) in [5.41, 5.74) is 8.89. The minimum Gasteiger partial charge on any atom is -0.475 e. The molecule has 0 radical (unpaired) electrons. The molecular weight excluding hydrogens is 546 g/mol. The first-order valence-corrected chi connectivity index (χ1v) is 12.7. The highest BCUT2D eigenvalue weighted by Gasteiger charge is 2.38. The third kappa shape index (κ3) is 7.20. The van der Waals surface area contributed by atoms with Crippen molar-refractivity contribution in [1.29, 1.82) is 0 Å². The average molecular weight is 576 g/mol. The molecule has 1 atom stereocenters. The molecule has 4 aromatic rings. The van der Waals surface area contributed by atoms with Gasteiger partial charge in [-0.1, -0.05) is 42.5 Å². The largest absolute Gasteiger partial charge is 0.490 e. The lowest BCUT2D eigenvalue weighted by atomic mass is 10.1. The maximum atomic E-state index is 13.5. The van der Waals surface area contributed by atoms with Gasteiger partial charge in [-0.3, -0.25) is 13.9 Å². The van der Waals surface area contributed by atoms with Crippen LogP contribution in [0.3, 0.4) is 0 Å². The van der Waals surface area contributed by atoms with Crippen LogP contribution in [0.2, 0.25) is 0 Å². The fourth-order valence-electron chi connectivity index (χ4n) is 4.44. The lowest BCUT2D eigenvalue weighted by Gasteiger charge is -2.31. The summed E-state index contributed by atoms with van der Waals surface area (Å²) in [5.74, 6) is -1.92. The van der Waals surface area contributed by atoms with Crippen LogP contribution in [0.5, 0.6) is 0 Å². The Morgan fingerprint density at radius 2 is 1.76 bits per heavy atom. The van der Waals surface area contributed by atoms with Crippen molar-refractivity contribution in [2.24, 2.45) is 12.8 Å². The number of imidazole rings is 1. The Hall–Kier alpha value is -4.46. The van der Waals surface area contributed by atoms with Gasteiger partial charge in [-0.15, -0.1) is 0 Å². The summed E-state index contributed by atoms with van der Waals surface area (Å²) in [5, 5.41) is 10.3. The summed E-state index contributed by atoms with van der Waals surface area (Å²) in [7, 11) is 1.69. The number of carboxylic acid groups (broad SMARTS) is 1. The minimum atomic E-state index is -5.08. The van der Waals surface area contributed by atoms with E-state index in [0.717, 1.165) is 30.5 Å². The first-order chi connectivity index (χ1) is 19.4. The lowest BCUT2D eigenvalue weighted by Crippen LogP contribution is -2.44. The molecule has 14 heteroatoms. The summed E-state index contributed by atoms with van der Waals surface area (Å²) in [6.07, 6.45) is -3.13. The van der Waals surface area contributed by atoms with Gasteiger partial charge in [0, 0.05) is 32.7 Å². The number of rotatable bonds is 6. The fraction of sp³-hybridized carbons (Fsp3) is 0.333. The lowest BCUT2D eigenvalue weighted by molar-refractivity contribution is -0.192. The molecule has 218 valence electrons. The number of alkyl halides is 3. The van der Waals surface area contributed by atoms with E-state index in [9.17, 15) is 22.4 Å². The van der Waals surface area contributed by atoms with Gasteiger partial charge < -0.3 is 21.1 Å². The normalized spacial score (nSPS) is 15.4. The summed E-state index contributed by atoms with van der Waals surface area (Å²) < 4.78 is 48.4. The number of fused-ring (bicyclic) bond motifs is 1. The zero-order valence-corrected chi connectivity index (χ0v) is 22.1. The number of anilines is 2. The van der Waals surface area contributed by atoms with Crippen molar-refractivity contribution in [2.45, 2.75) is 38.1 Å². The van der Waals surface area contributed by atoms with E-state index in [1.807, 2.05) is 34.9 Å². The Bertz CT molecular complexity index is 1550. The quantitative estimate of drug-likeness (QED) is 0.298. The van der Waals surface area contributed by atoms with Gasteiger partial charge in [-0.25, -0.2) is 9.18 Å². The number of carboxylic acids is 1. The van der Waals surface area contributed by atoms with E-state index in [1.165, 1.54) is 16.7 Å². The van der Waals surface area contributed by atoms with Crippen LogP contribution in [-0.2, 0) is 24.9 Å². The summed E-state index contributed by atoms with van der Waals surface area (Å²) >= 11 is 0. The zero-order chi connectivity index (χ0) is 29.7. The molecule has 2 aromatic heterocycles. The number of piperidine rings is 1. The standard InChI is InChI=1S/C25H28FN7O.C2HF3O2/c1-31-23(34)21-22(29-24(31)28-14-17-9-11-19(26)12-10-17)30-25(32-13-5-8-20(27)16-32)33(21)15-18-6-3-2-4-7-18;3-2(4,5)1(6)7/h2-4,6-7,9-12,20H,5,8,13-16,27H2,1H3,(H,28,29);(H,6,7). The molecule has 1 saturated heterocycles. The number of hydrogen-bond acceptors (Lipinski definition) is 7. The van der Waals surface area contributed by atoms with Gasteiger partial charge in [0.05, 0.1) is 6.54 Å². The molecule has 1 aliphatic rings. The van der Waals surface area contributed by atoms with E-state index in [0.29, 0.717) is 42.7 Å². The molecule has 0 spiro atoms. The second-order valence-corrected chi connectivity index (χ2v) is 9.59. The molecule has 1 fully saturated rings. The third-order valence-electron chi connectivity index (χ3n) is 6.50. The molecule has 0 amide bonds. The SMILES string of the molecule is Cn1c(NCc2ccc(F)cc2)nc2nc(N3CCCC(N)C3)n(Cc3ccccc3)c2c1=O.O=C(O)C(F)(F)F. The first-order valence-electron chi connectivity index (χ1n) is 12.7. The number of hydrogen-bond donors (Lipinski definition) is 3. The van der Waals surface area contributed by atoms with E-state index in [4.69, 9.17) is 25.6 Å². The Balaban J connectivity index is 0.000000493. The van der Waals surface area contributed by atoms with Gasteiger partial charge in [0.2, 0.25) is 11.9 Å². The number of carbonyl (C=O) groups is 1.